The zero-order valence-corrected chi connectivity index (χ0v) is 13.8. The molecule has 1 N–H and O–H groups in total. The number of benzene rings is 2. The lowest BCUT2D eigenvalue weighted by molar-refractivity contribution is 0.0940. The van der Waals surface area contributed by atoms with Gasteiger partial charge in [0, 0.05) is 5.56 Å². The molecule has 2 aromatic rings. The largest absolute Gasteiger partial charge is 0.346 e. The van der Waals surface area contributed by atoms with Crippen molar-refractivity contribution in [3.8, 4) is 6.07 Å². The highest BCUT2D eigenvalue weighted by atomic mass is 16.1. The van der Waals surface area contributed by atoms with Crippen LogP contribution in [0.25, 0.3) is 0 Å². The van der Waals surface area contributed by atoms with Crippen LogP contribution in [0.1, 0.15) is 53.9 Å². The number of nitrogens with one attached hydrogen (secondary N) is 1. The van der Waals surface area contributed by atoms with Gasteiger partial charge in [-0.1, -0.05) is 44.2 Å². The van der Waals surface area contributed by atoms with Crippen molar-refractivity contribution in [1.29, 1.82) is 5.26 Å². The Hall–Kier alpha value is -2.60. The van der Waals surface area contributed by atoms with Crippen molar-refractivity contribution in [2.24, 2.45) is 5.92 Å². The second kappa shape index (κ2) is 7.60. The smallest absolute Gasteiger partial charge is 0.251 e. The molecule has 0 aliphatic rings. The first-order valence-electron chi connectivity index (χ1n) is 7.89. The van der Waals surface area contributed by atoms with E-state index in [4.69, 9.17) is 5.26 Å². The van der Waals surface area contributed by atoms with Gasteiger partial charge in [0.15, 0.2) is 0 Å². The van der Waals surface area contributed by atoms with Crippen LogP contribution in [0.4, 0.5) is 0 Å². The summed E-state index contributed by atoms with van der Waals surface area (Å²) in [7, 11) is 0. The summed E-state index contributed by atoms with van der Waals surface area (Å²) in [6, 6.07) is 17.1. The van der Waals surface area contributed by atoms with Gasteiger partial charge in [-0.25, -0.2) is 0 Å². The average molecular weight is 306 g/mol. The van der Waals surface area contributed by atoms with Crippen LogP contribution in [-0.4, -0.2) is 5.91 Å². The second-order valence-corrected chi connectivity index (χ2v) is 6.23. The molecule has 0 spiro atoms. The van der Waals surface area contributed by atoms with Crippen LogP contribution in [0.3, 0.4) is 0 Å². The number of rotatable bonds is 5. The molecular formula is C20H22N2O. The first-order chi connectivity index (χ1) is 11.0. The Labute approximate surface area is 138 Å². The van der Waals surface area contributed by atoms with E-state index in [9.17, 15) is 4.79 Å². The van der Waals surface area contributed by atoms with Gasteiger partial charge >= 0.3 is 0 Å². The number of hydrogen-bond donors (Lipinski definition) is 1. The molecule has 0 saturated heterocycles. The van der Waals surface area contributed by atoms with Gasteiger partial charge in [0.25, 0.3) is 5.91 Å². The predicted octanol–water partition coefficient (Wildman–Crippen LogP) is 4.25. The van der Waals surface area contributed by atoms with Crippen molar-refractivity contribution >= 4 is 5.91 Å². The van der Waals surface area contributed by atoms with Crippen LogP contribution in [0.15, 0.2) is 48.5 Å². The monoisotopic (exact) mass is 306 g/mol. The fourth-order valence-corrected chi connectivity index (χ4v) is 2.51. The molecule has 0 aliphatic heterocycles. The average Bonchev–Trinajstić information content (AvgIpc) is 2.55. The van der Waals surface area contributed by atoms with Crippen molar-refractivity contribution < 1.29 is 4.79 Å². The third-order valence-corrected chi connectivity index (χ3v) is 3.73. The third-order valence-electron chi connectivity index (χ3n) is 3.73. The molecule has 0 heterocycles. The molecule has 0 unspecified atom stereocenters. The summed E-state index contributed by atoms with van der Waals surface area (Å²) in [4.78, 5) is 12.3. The Balaban J connectivity index is 2.04. The molecule has 0 radical (unpaired) electrons. The molecule has 23 heavy (non-hydrogen) atoms. The fourth-order valence-electron chi connectivity index (χ4n) is 2.51. The Morgan fingerprint density at radius 3 is 2.43 bits per heavy atom. The van der Waals surface area contributed by atoms with E-state index in [0.717, 1.165) is 12.0 Å². The van der Waals surface area contributed by atoms with Crippen LogP contribution in [0.5, 0.6) is 0 Å². The lowest BCUT2D eigenvalue weighted by atomic mass is 10.00. The van der Waals surface area contributed by atoms with Gasteiger partial charge in [-0.05, 0) is 48.6 Å². The highest BCUT2D eigenvalue weighted by Crippen LogP contribution is 2.16. The summed E-state index contributed by atoms with van der Waals surface area (Å²) in [5, 5.41) is 11.9. The molecule has 3 nitrogen and oxygen atoms in total. The maximum absolute atomic E-state index is 12.3. The van der Waals surface area contributed by atoms with Gasteiger partial charge in [-0.3, -0.25) is 4.79 Å². The van der Waals surface area contributed by atoms with Gasteiger partial charge in [0.1, 0.15) is 0 Å². The molecule has 0 fully saturated rings. The van der Waals surface area contributed by atoms with Gasteiger partial charge in [-0.15, -0.1) is 0 Å². The quantitative estimate of drug-likeness (QED) is 0.898. The van der Waals surface area contributed by atoms with E-state index in [-0.39, 0.29) is 11.9 Å². The summed E-state index contributed by atoms with van der Waals surface area (Å²) in [5.74, 6) is 0.464. The minimum absolute atomic E-state index is 0.0821. The van der Waals surface area contributed by atoms with Crippen molar-refractivity contribution in [2.75, 3.05) is 0 Å². The van der Waals surface area contributed by atoms with Crippen LogP contribution in [0, 0.1) is 17.2 Å². The number of carbonyl (C=O) groups excluding carboxylic acids is 1. The second-order valence-electron chi connectivity index (χ2n) is 6.23. The molecule has 0 bridgehead atoms. The topological polar surface area (TPSA) is 52.9 Å². The van der Waals surface area contributed by atoms with E-state index < -0.39 is 0 Å². The lowest BCUT2D eigenvalue weighted by Gasteiger charge is -2.15. The van der Waals surface area contributed by atoms with E-state index in [2.05, 4.69) is 43.4 Å². The first-order valence-corrected chi connectivity index (χ1v) is 7.89. The predicted molar refractivity (Wildman–Crippen MR) is 92.0 cm³/mol. The third kappa shape index (κ3) is 4.69. The minimum Gasteiger partial charge on any atom is -0.346 e. The molecule has 0 saturated carbocycles. The SMILES string of the molecule is CC(C)Cc1ccc([C@@H](C)NC(=O)c2cccc(C#N)c2)cc1. The number of amides is 1. The summed E-state index contributed by atoms with van der Waals surface area (Å²) >= 11 is 0. The summed E-state index contributed by atoms with van der Waals surface area (Å²) in [6.45, 7) is 6.36. The minimum atomic E-state index is -0.166. The highest BCUT2D eigenvalue weighted by molar-refractivity contribution is 5.94. The Morgan fingerprint density at radius 1 is 1.13 bits per heavy atom. The Kier molecular flexibility index (Phi) is 5.54. The Morgan fingerprint density at radius 2 is 1.83 bits per heavy atom. The van der Waals surface area contributed by atoms with Crippen LogP contribution < -0.4 is 5.32 Å². The van der Waals surface area contributed by atoms with Gasteiger partial charge < -0.3 is 5.32 Å². The molecule has 118 valence electrons. The standard InChI is InChI=1S/C20H22N2O/c1-14(2)11-16-7-9-18(10-8-16)15(3)22-20(23)19-6-4-5-17(12-19)13-21/h4-10,12,14-15H,11H2,1-3H3,(H,22,23)/t15-/m1/s1. The maximum atomic E-state index is 12.3. The number of carbonyl (C=O) groups is 1. The summed E-state index contributed by atoms with van der Waals surface area (Å²) in [6.07, 6.45) is 1.06. The van der Waals surface area contributed by atoms with Crippen molar-refractivity contribution in [1.82, 2.24) is 5.32 Å². The van der Waals surface area contributed by atoms with E-state index in [1.807, 2.05) is 13.0 Å². The molecule has 0 aliphatic carbocycles. The van der Waals surface area contributed by atoms with Crippen LogP contribution in [-0.2, 0) is 6.42 Å². The van der Waals surface area contributed by atoms with E-state index in [0.29, 0.717) is 17.0 Å². The van der Waals surface area contributed by atoms with Gasteiger partial charge in [-0.2, -0.15) is 5.26 Å². The fraction of sp³-hybridized carbons (Fsp3) is 0.300. The van der Waals surface area contributed by atoms with E-state index >= 15 is 0 Å². The molecule has 1 amide bonds. The van der Waals surface area contributed by atoms with Crippen LogP contribution in [0.2, 0.25) is 0 Å². The number of hydrogen-bond acceptors (Lipinski definition) is 2. The zero-order chi connectivity index (χ0) is 16.8. The van der Waals surface area contributed by atoms with E-state index in [1.165, 1.54) is 5.56 Å². The first kappa shape index (κ1) is 16.8. The summed E-state index contributed by atoms with van der Waals surface area (Å²) in [5.41, 5.74) is 3.38. The van der Waals surface area contributed by atoms with Crippen molar-refractivity contribution in [2.45, 2.75) is 33.2 Å². The molecular weight excluding hydrogens is 284 g/mol. The van der Waals surface area contributed by atoms with Crippen molar-refractivity contribution in [3.63, 3.8) is 0 Å². The maximum Gasteiger partial charge on any atom is 0.251 e. The molecule has 0 aromatic heterocycles. The van der Waals surface area contributed by atoms with Gasteiger partial charge in [0.05, 0.1) is 17.7 Å². The normalized spacial score (nSPS) is 11.8. The van der Waals surface area contributed by atoms with Gasteiger partial charge in [0.2, 0.25) is 0 Å². The number of nitriles is 1. The number of nitrogens with zero attached hydrogens (tertiary/aromatic N) is 1. The lowest BCUT2D eigenvalue weighted by Crippen LogP contribution is -2.26. The molecule has 2 rings (SSSR count). The highest BCUT2D eigenvalue weighted by Gasteiger charge is 2.12. The van der Waals surface area contributed by atoms with Crippen LogP contribution >= 0.6 is 0 Å². The molecule has 1 atom stereocenters. The zero-order valence-electron chi connectivity index (χ0n) is 13.8. The van der Waals surface area contributed by atoms with E-state index in [1.54, 1.807) is 24.3 Å². The Bertz CT molecular complexity index is 711. The summed E-state index contributed by atoms with van der Waals surface area (Å²) < 4.78 is 0. The molecule has 3 heteroatoms. The van der Waals surface area contributed by atoms with Crippen molar-refractivity contribution in [3.05, 3.63) is 70.8 Å². The molecule has 2 aromatic carbocycles.